The van der Waals surface area contributed by atoms with Gasteiger partial charge in [0.1, 0.15) is 0 Å². The summed E-state index contributed by atoms with van der Waals surface area (Å²) in [4.78, 5) is 6.86. The smallest absolute Gasteiger partial charge is 0.191 e. The monoisotopic (exact) mass is 252 g/mol. The summed E-state index contributed by atoms with van der Waals surface area (Å²) in [6.07, 6.45) is 9.48. The number of likely N-dealkylation sites (tertiary alicyclic amines) is 1. The molecule has 0 aromatic heterocycles. The molecule has 1 saturated heterocycles. The number of guanidine groups is 1. The Balaban J connectivity index is 1.60. The maximum atomic E-state index is 4.31. The van der Waals surface area contributed by atoms with Gasteiger partial charge in [0.25, 0.3) is 0 Å². The molecule has 0 bridgehead atoms. The average Bonchev–Trinajstić information content (AvgIpc) is 2.92. The van der Waals surface area contributed by atoms with E-state index in [2.05, 4.69) is 20.5 Å². The first-order valence-corrected chi connectivity index (χ1v) is 7.58. The molecule has 0 radical (unpaired) electrons. The van der Waals surface area contributed by atoms with Crippen LogP contribution in [0.1, 0.15) is 44.9 Å². The van der Waals surface area contributed by atoms with Crippen LogP contribution in [-0.4, -0.2) is 50.1 Å². The molecule has 4 heteroatoms. The fraction of sp³-hybridized carbons (Fsp3) is 0.929. The number of piperidine rings is 1. The Kier molecular flexibility index (Phi) is 5.78. The zero-order valence-electron chi connectivity index (χ0n) is 11.7. The zero-order chi connectivity index (χ0) is 12.6. The Morgan fingerprint density at radius 2 is 1.83 bits per heavy atom. The Morgan fingerprint density at radius 3 is 2.50 bits per heavy atom. The van der Waals surface area contributed by atoms with Gasteiger partial charge in [0, 0.05) is 26.2 Å². The minimum atomic E-state index is 0.645. The second-order valence-electron chi connectivity index (χ2n) is 5.53. The van der Waals surface area contributed by atoms with Crippen LogP contribution in [0.3, 0.4) is 0 Å². The van der Waals surface area contributed by atoms with Crippen molar-refractivity contribution in [1.82, 2.24) is 15.5 Å². The Bertz CT molecular complexity index is 253. The minimum Gasteiger partial charge on any atom is -0.355 e. The zero-order valence-corrected chi connectivity index (χ0v) is 11.7. The lowest BCUT2D eigenvalue weighted by Gasteiger charge is -2.27. The van der Waals surface area contributed by atoms with Crippen molar-refractivity contribution in [3.8, 4) is 0 Å². The minimum absolute atomic E-state index is 0.645. The number of aliphatic imine (C=N–C) groups is 1. The van der Waals surface area contributed by atoms with Crippen molar-refractivity contribution < 1.29 is 0 Å². The van der Waals surface area contributed by atoms with E-state index in [-0.39, 0.29) is 0 Å². The molecule has 1 aliphatic carbocycles. The largest absolute Gasteiger partial charge is 0.355 e. The van der Waals surface area contributed by atoms with E-state index in [9.17, 15) is 0 Å². The third-order valence-electron chi connectivity index (χ3n) is 4.09. The van der Waals surface area contributed by atoms with E-state index in [1.165, 1.54) is 58.0 Å². The van der Waals surface area contributed by atoms with Crippen molar-refractivity contribution in [3.63, 3.8) is 0 Å². The number of hydrogen-bond acceptors (Lipinski definition) is 2. The van der Waals surface area contributed by atoms with E-state index in [0.29, 0.717) is 6.04 Å². The molecule has 2 N–H and O–H groups in total. The van der Waals surface area contributed by atoms with Gasteiger partial charge in [-0.05, 0) is 38.8 Å². The predicted molar refractivity (Wildman–Crippen MR) is 77.0 cm³/mol. The summed E-state index contributed by atoms with van der Waals surface area (Å²) in [5.41, 5.74) is 0. The summed E-state index contributed by atoms with van der Waals surface area (Å²) in [6.45, 7) is 4.70. The first-order valence-electron chi connectivity index (χ1n) is 7.58. The van der Waals surface area contributed by atoms with Gasteiger partial charge in [0.05, 0.1) is 0 Å². The molecule has 18 heavy (non-hydrogen) atoms. The third kappa shape index (κ3) is 4.48. The predicted octanol–water partition coefficient (Wildman–Crippen LogP) is 1.58. The van der Waals surface area contributed by atoms with E-state index < -0.39 is 0 Å². The van der Waals surface area contributed by atoms with Gasteiger partial charge in [-0.3, -0.25) is 4.99 Å². The molecule has 1 saturated carbocycles. The second-order valence-corrected chi connectivity index (χ2v) is 5.53. The highest BCUT2D eigenvalue weighted by Crippen LogP contribution is 2.17. The van der Waals surface area contributed by atoms with E-state index in [4.69, 9.17) is 0 Å². The van der Waals surface area contributed by atoms with Gasteiger partial charge >= 0.3 is 0 Å². The normalized spacial score (nSPS) is 23.3. The van der Waals surface area contributed by atoms with E-state index >= 15 is 0 Å². The summed E-state index contributed by atoms with van der Waals surface area (Å²) in [5, 5.41) is 6.96. The van der Waals surface area contributed by atoms with Crippen LogP contribution < -0.4 is 10.6 Å². The molecule has 4 nitrogen and oxygen atoms in total. The highest BCUT2D eigenvalue weighted by atomic mass is 15.2. The summed E-state index contributed by atoms with van der Waals surface area (Å²) >= 11 is 0. The molecule has 104 valence electrons. The van der Waals surface area contributed by atoms with Crippen LogP contribution in [0.25, 0.3) is 0 Å². The number of nitrogens with one attached hydrogen (secondary N) is 2. The molecule has 2 rings (SSSR count). The average molecular weight is 252 g/mol. The molecule has 0 atom stereocenters. The lowest BCUT2D eigenvalue weighted by Crippen LogP contribution is -2.45. The summed E-state index contributed by atoms with van der Waals surface area (Å²) in [7, 11) is 1.87. The van der Waals surface area contributed by atoms with Crippen LogP contribution in [0.15, 0.2) is 4.99 Å². The van der Waals surface area contributed by atoms with Gasteiger partial charge in [0.15, 0.2) is 5.96 Å². The van der Waals surface area contributed by atoms with Crippen LogP contribution >= 0.6 is 0 Å². The van der Waals surface area contributed by atoms with Crippen LogP contribution in [0.5, 0.6) is 0 Å². The fourth-order valence-electron chi connectivity index (χ4n) is 2.97. The third-order valence-corrected chi connectivity index (χ3v) is 4.09. The van der Waals surface area contributed by atoms with E-state index in [0.717, 1.165) is 19.0 Å². The Labute approximate surface area is 111 Å². The van der Waals surface area contributed by atoms with Gasteiger partial charge in [0.2, 0.25) is 0 Å². The van der Waals surface area contributed by atoms with E-state index in [1.807, 2.05) is 7.05 Å². The maximum absolute atomic E-state index is 4.31. The molecule has 0 amide bonds. The van der Waals surface area contributed by atoms with Crippen LogP contribution in [0.2, 0.25) is 0 Å². The second kappa shape index (κ2) is 7.62. The first-order chi connectivity index (χ1) is 8.88. The van der Waals surface area contributed by atoms with Gasteiger partial charge in [-0.15, -0.1) is 0 Å². The maximum Gasteiger partial charge on any atom is 0.191 e. The molecule has 1 heterocycles. The molecule has 0 unspecified atom stereocenters. The van der Waals surface area contributed by atoms with Gasteiger partial charge in [-0.1, -0.05) is 19.3 Å². The number of rotatable bonds is 4. The Morgan fingerprint density at radius 1 is 1.11 bits per heavy atom. The van der Waals surface area contributed by atoms with Crippen molar-refractivity contribution in [3.05, 3.63) is 0 Å². The molecular formula is C14H28N4. The van der Waals surface area contributed by atoms with Crippen molar-refractivity contribution in [1.29, 1.82) is 0 Å². The Hall–Kier alpha value is -0.770. The molecule has 0 aromatic rings. The SMILES string of the molecule is CN=C(NCCN1CCCCC1)NC1CCCC1. The fourth-order valence-corrected chi connectivity index (χ4v) is 2.97. The lowest BCUT2D eigenvalue weighted by molar-refractivity contribution is 0.232. The van der Waals surface area contributed by atoms with E-state index in [1.54, 1.807) is 0 Å². The topological polar surface area (TPSA) is 39.7 Å². The van der Waals surface area contributed by atoms with Crippen LogP contribution in [-0.2, 0) is 0 Å². The molecule has 2 aliphatic rings. The van der Waals surface area contributed by atoms with Crippen molar-refractivity contribution in [2.45, 2.75) is 51.0 Å². The summed E-state index contributed by atoms with van der Waals surface area (Å²) in [6, 6.07) is 0.645. The van der Waals surface area contributed by atoms with Gasteiger partial charge in [-0.2, -0.15) is 0 Å². The number of hydrogen-bond donors (Lipinski definition) is 2. The molecular weight excluding hydrogens is 224 g/mol. The van der Waals surface area contributed by atoms with Crippen molar-refractivity contribution in [2.75, 3.05) is 33.2 Å². The summed E-state index contributed by atoms with van der Waals surface area (Å²) < 4.78 is 0. The molecule has 0 aromatic carbocycles. The van der Waals surface area contributed by atoms with Gasteiger partial charge < -0.3 is 15.5 Å². The van der Waals surface area contributed by atoms with Crippen molar-refractivity contribution >= 4 is 5.96 Å². The quantitative estimate of drug-likeness (QED) is 0.589. The summed E-state index contributed by atoms with van der Waals surface area (Å²) in [5.74, 6) is 0.985. The number of nitrogens with zero attached hydrogens (tertiary/aromatic N) is 2. The van der Waals surface area contributed by atoms with Crippen LogP contribution in [0, 0.1) is 0 Å². The first kappa shape index (κ1) is 13.7. The lowest BCUT2D eigenvalue weighted by atomic mass is 10.1. The standard InChI is InChI=1S/C14H28N4/c1-15-14(17-13-7-3-4-8-13)16-9-12-18-10-5-2-6-11-18/h13H,2-12H2,1H3,(H2,15,16,17). The highest BCUT2D eigenvalue weighted by Gasteiger charge is 2.16. The molecule has 0 spiro atoms. The highest BCUT2D eigenvalue weighted by molar-refractivity contribution is 5.79. The van der Waals surface area contributed by atoms with Crippen LogP contribution in [0.4, 0.5) is 0 Å². The van der Waals surface area contributed by atoms with Crippen molar-refractivity contribution in [2.24, 2.45) is 4.99 Å². The van der Waals surface area contributed by atoms with Gasteiger partial charge in [-0.25, -0.2) is 0 Å². The molecule has 2 fully saturated rings. The molecule has 1 aliphatic heterocycles.